The van der Waals surface area contributed by atoms with Crippen molar-refractivity contribution in [1.29, 1.82) is 0 Å². The molecule has 5 heteroatoms. The van der Waals surface area contributed by atoms with Crippen molar-refractivity contribution in [3.8, 4) is 5.75 Å². The number of carbonyl (C=O) groups excluding carboxylic acids is 1. The highest BCUT2D eigenvalue weighted by Gasteiger charge is 2.22. The largest absolute Gasteiger partial charge is 0.482 e. The number of fused-ring (bicyclic) bond motifs is 1. The van der Waals surface area contributed by atoms with Gasteiger partial charge in [0.15, 0.2) is 6.61 Å². The molecule has 120 valence electrons. The van der Waals surface area contributed by atoms with Gasteiger partial charge in [-0.2, -0.15) is 0 Å². The van der Waals surface area contributed by atoms with Crippen LogP contribution in [0.25, 0.3) is 0 Å². The Morgan fingerprint density at radius 2 is 2.17 bits per heavy atom. The second-order valence-electron chi connectivity index (χ2n) is 5.52. The predicted octanol–water partition coefficient (Wildman–Crippen LogP) is 4.38. The molecule has 0 aromatic heterocycles. The summed E-state index contributed by atoms with van der Waals surface area (Å²) in [6, 6.07) is 13.8. The van der Waals surface area contributed by atoms with E-state index >= 15 is 0 Å². The van der Waals surface area contributed by atoms with Crippen molar-refractivity contribution in [3.05, 3.63) is 58.6 Å². The summed E-state index contributed by atoms with van der Waals surface area (Å²) in [5, 5.41) is 3.58. The van der Waals surface area contributed by atoms with Gasteiger partial charge in [-0.3, -0.25) is 4.79 Å². The van der Waals surface area contributed by atoms with Gasteiger partial charge in [-0.15, -0.1) is 11.8 Å². The van der Waals surface area contributed by atoms with Crippen LogP contribution in [0.4, 0.5) is 0 Å². The molecule has 0 radical (unpaired) electrons. The van der Waals surface area contributed by atoms with Crippen LogP contribution >= 0.6 is 23.4 Å². The lowest BCUT2D eigenvalue weighted by molar-refractivity contribution is -0.123. The lowest BCUT2D eigenvalue weighted by Crippen LogP contribution is -2.34. The maximum atomic E-state index is 12.2. The molecule has 1 unspecified atom stereocenters. The minimum Gasteiger partial charge on any atom is -0.482 e. The van der Waals surface area contributed by atoms with Crippen LogP contribution in [-0.2, 0) is 4.79 Å². The first-order chi connectivity index (χ1) is 11.1. The molecule has 1 aliphatic rings. The minimum atomic E-state index is -0.130. The zero-order valence-corrected chi connectivity index (χ0v) is 14.4. The topological polar surface area (TPSA) is 38.3 Å². The zero-order chi connectivity index (χ0) is 16.2. The number of thioether (sulfide) groups is 1. The van der Waals surface area contributed by atoms with Gasteiger partial charge in [0.25, 0.3) is 5.91 Å². The molecular formula is C18H18ClNO2S. The van der Waals surface area contributed by atoms with Gasteiger partial charge < -0.3 is 10.1 Å². The fourth-order valence-corrected chi connectivity index (χ4v) is 3.89. The Bertz CT molecular complexity index is 720. The summed E-state index contributed by atoms with van der Waals surface area (Å²) >= 11 is 7.91. The third-order valence-electron chi connectivity index (χ3n) is 3.74. The van der Waals surface area contributed by atoms with E-state index in [1.54, 1.807) is 6.07 Å². The molecule has 0 fully saturated rings. The summed E-state index contributed by atoms with van der Waals surface area (Å²) in [6.07, 6.45) is 0.929. The Balaban J connectivity index is 1.61. The van der Waals surface area contributed by atoms with E-state index in [9.17, 15) is 4.79 Å². The number of nitrogens with one attached hydrogen (secondary N) is 1. The Kier molecular flexibility index (Phi) is 5.13. The number of aryl methyl sites for hydroxylation is 1. The van der Waals surface area contributed by atoms with Gasteiger partial charge in [0.05, 0.1) is 11.1 Å². The number of benzene rings is 2. The maximum Gasteiger partial charge on any atom is 0.258 e. The summed E-state index contributed by atoms with van der Waals surface area (Å²) in [5.41, 5.74) is 2.23. The van der Waals surface area contributed by atoms with E-state index in [0.717, 1.165) is 17.7 Å². The van der Waals surface area contributed by atoms with Gasteiger partial charge in [0.1, 0.15) is 5.75 Å². The van der Waals surface area contributed by atoms with E-state index in [2.05, 4.69) is 17.4 Å². The average Bonchev–Trinajstić information content (AvgIpc) is 2.56. The number of hydrogen-bond acceptors (Lipinski definition) is 3. The maximum absolute atomic E-state index is 12.2. The molecule has 0 saturated heterocycles. The second kappa shape index (κ2) is 7.28. The fraction of sp³-hybridized carbons (Fsp3) is 0.278. The van der Waals surface area contributed by atoms with Gasteiger partial charge in [-0.1, -0.05) is 35.9 Å². The standard InChI is InChI=1S/C18H18ClNO2S/c1-12-6-7-14(19)16(10-12)22-11-18(21)20-15-8-9-23-17-5-3-2-4-13(15)17/h2-7,10,15H,8-9,11H2,1H3,(H,20,21). The summed E-state index contributed by atoms with van der Waals surface area (Å²) in [4.78, 5) is 13.4. The third-order valence-corrected chi connectivity index (χ3v) is 5.17. The van der Waals surface area contributed by atoms with Gasteiger partial charge in [-0.05, 0) is 42.7 Å². The van der Waals surface area contributed by atoms with Crippen LogP contribution in [-0.4, -0.2) is 18.3 Å². The van der Waals surface area contributed by atoms with E-state index < -0.39 is 0 Å². The van der Waals surface area contributed by atoms with E-state index in [4.69, 9.17) is 16.3 Å². The molecule has 1 amide bonds. The van der Waals surface area contributed by atoms with Crippen LogP contribution in [0.3, 0.4) is 0 Å². The fourth-order valence-electron chi connectivity index (χ4n) is 2.59. The zero-order valence-electron chi connectivity index (χ0n) is 12.8. The number of ether oxygens (including phenoxy) is 1. The molecule has 3 rings (SSSR count). The SMILES string of the molecule is Cc1ccc(Cl)c(OCC(=O)NC2CCSc3ccccc32)c1. The van der Waals surface area contributed by atoms with Crippen LogP contribution < -0.4 is 10.1 Å². The first-order valence-electron chi connectivity index (χ1n) is 7.53. The molecule has 1 N–H and O–H groups in total. The van der Waals surface area contributed by atoms with Crippen molar-refractivity contribution < 1.29 is 9.53 Å². The minimum absolute atomic E-state index is 0.0328. The number of hydrogen-bond donors (Lipinski definition) is 1. The van der Waals surface area contributed by atoms with E-state index in [1.165, 1.54) is 10.5 Å². The Morgan fingerprint density at radius 3 is 3.04 bits per heavy atom. The summed E-state index contributed by atoms with van der Waals surface area (Å²) in [6.45, 7) is 1.93. The van der Waals surface area contributed by atoms with Crippen LogP contribution in [0.1, 0.15) is 23.6 Å². The van der Waals surface area contributed by atoms with Crippen molar-refractivity contribution in [1.82, 2.24) is 5.32 Å². The molecule has 23 heavy (non-hydrogen) atoms. The van der Waals surface area contributed by atoms with Crippen molar-refractivity contribution >= 4 is 29.3 Å². The van der Waals surface area contributed by atoms with Crippen molar-refractivity contribution in [3.63, 3.8) is 0 Å². The van der Waals surface area contributed by atoms with Crippen LogP contribution in [0.2, 0.25) is 5.02 Å². The van der Waals surface area contributed by atoms with Gasteiger partial charge in [0.2, 0.25) is 0 Å². The number of carbonyl (C=O) groups is 1. The molecular weight excluding hydrogens is 330 g/mol. The molecule has 2 aromatic rings. The summed E-state index contributed by atoms with van der Waals surface area (Å²) in [5.74, 6) is 1.42. The Morgan fingerprint density at radius 1 is 1.35 bits per heavy atom. The molecule has 0 bridgehead atoms. The van der Waals surface area contributed by atoms with Crippen LogP contribution in [0, 0.1) is 6.92 Å². The second-order valence-corrected chi connectivity index (χ2v) is 7.06. The average molecular weight is 348 g/mol. The highest BCUT2D eigenvalue weighted by atomic mass is 35.5. The smallest absolute Gasteiger partial charge is 0.258 e. The van der Waals surface area contributed by atoms with E-state index in [0.29, 0.717) is 10.8 Å². The molecule has 1 aliphatic heterocycles. The summed E-state index contributed by atoms with van der Waals surface area (Å²) in [7, 11) is 0. The molecule has 0 aliphatic carbocycles. The molecule has 3 nitrogen and oxygen atoms in total. The molecule has 0 saturated carbocycles. The Labute approximate surface area is 145 Å². The normalized spacial score (nSPS) is 16.5. The van der Waals surface area contributed by atoms with Crippen molar-refractivity contribution in [2.24, 2.45) is 0 Å². The number of halogens is 1. The van der Waals surface area contributed by atoms with E-state index in [-0.39, 0.29) is 18.6 Å². The lowest BCUT2D eigenvalue weighted by Gasteiger charge is -2.25. The van der Waals surface area contributed by atoms with Crippen LogP contribution in [0.5, 0.6) is 5.75 Å². The highest BCUT2D eigenvalue weighted by Crippen LogP contribution is 2.35. The van der Waals surface area contributed by atoms with Crippen molar-refractivity contribution in [2.75, 3.05) is 12.4 Å². The van der Waals surface area contributed by atoms with Gasteiger partial charge >= 0.3 is 0 Å². The first kappa shape index (κ1) is 16.2. The summed E-state index contributed by atoms with van der Waals surface area (Å²) < 4.78 is 5.56. The quantitative estimate of drug-likeness (QED) is 0.891. The van der Waals surface area contributed by atoms with Gasteiger partial charge in [-0.25, -0.2) is 0 Å². The molecule has 0 spiro atoms. The number of amides is 1. The van der Waals surface area contributed by atoms with Crippen molar-refractivity contribution in [2.45, 2.75) is 24.3 Å². The third kappa shape index (κ3) is 4.01. The van der Waals surface area contributed by atoms with E-state index in [1.807, 2.05) is 43.0 Å². The highest BCUT2D eigenvalue weighted by molar-refractivity contribution is 7.99. The molecule has 1 atom stereocenters. The Hall–Kier alpha value is -1.65. The van der Waals surface area contributed by atoms with Gasteiger partial charge in [0, 0.05) is 10.6 Å². The predicted molar refractivity (Wildman–Crippen MR) is 94.4 cm³/mol. The lowest BCUT2D eigenvalue weighted by atomic mass is 10.0. The number of rotatable bonds is 4. The van der Waals surface area contributed by atoms with Crippen LogP contribution in [0.15, 0.2) is 47.4 Å². The molecule has 2 aromatic carbocycles. The monoisotopic (exact) mass is 347 g/mol. The molecule has 1 heterocycles. The first-order valence-corrected chi connectivity index (χ1v) is 8.90.